The predicted molar refractivity (Wildman–Crippen MR) is 87.3 cm³/mol. The second kappa shape index (κ2) is 7.09. The molecular formula is C17H30N2O. The van der Waals surface area contributed by atoms with Crippen molar-refractivity contribution >= 4 is 5.69 Å². The molecule has 0 aliphatic carbocycles. The lowest BCUT2D eigenvalue weighted by Crippen LogP contribution is -2.45. The number of nitrogens with one attached hydrogen (secondary N) is 1. The van der Waals surface area contributed by atoms with E-state index in [0.29, 0.717) is 5.92 Å². The smallest absolute Gasteiger partial charge is 0.0658 e. The lowest BCUT2D eigenvalue weighted by atomic mass is 10.0. The van der Waals surface area contributed by atoms with E-state index >= 15 is 0 Å². The van der Waals surface area contributed by atoms with E-state index in [1.165, 1.54) is 16.8 Å². The average molecular weight is 278 g/mol. The first kappa shape index (κ1) is 17.0. The quantitative estimate of drug-likeness (QED) is 0.805. The van der Waals surface area contributed by atoms with Gasteiger partial charge in [-0.25, -0.2) is 0 Å². The zero-order valence-corrected chi connectivity index (χ0v) is 13.8. The van der Waals surface area contributed by atoms with Crippen LogP contribution in [0.3, 0.4) is 0 Å². The molecule has 0 aliphatic rings. The second-order valence-corrected chi connectivity index (χ2v) is 6.69. The summed E-state index contributed by atoms with van der Waals surface area (Å²) in [5, 5.41) is 13.1. The maximum Gasteiger partial charge on any atom is 0.0658 e. The number of hydrogen-bond acceptors (Lipinski definition) is 3. The average Bonchev–Trinajstić information content (AvgIpc) is 2.37. The molecule has 0 aliphatic heterocycles. The van der Waals surface area contributed by atoms with Crippen molar-refractivity contribution in [2.24, 2.45) is 5.92 Å². The van der Waals surface area contributed by atoms with Gasteiger partial charge in [-0.1, -0.05) is 31.5 Å². The molecule has 0 heterocycles. The van der Waals surface area contributed by atoms with E-state index in [9.17, 15) is 5.11 Å². The Labute approximate surface area is 124 Å². The van der Waals surface area contributed by atoms with E-state index in [4.69, 9.17) is 0 Å². The summed E-state index contributed by atoms with van der Waals surface area (Å²) in [7, 11) is 2.05. The molecule has 20 heavy (non-hydrogen) atoms. The largest absolute Gasteiger partial charge is 0.394 e. The van der Waals surface area contributed by atoms with Crippen LogP contribution in [0.2, 0.25) is 0 Å². The third-order valence-corrected chi connectivity index (χ3v) is 3.76. The fourth-order valence-electron chi connectivity index (χ4n) is 2.11. The van der Waals surface area contributed by atoms with Gasteiger partial charge < -0.3 is 15.3 Å². The zero-order chi connectivity index (χ0) is 15.3. The highest BCUT2D eigenvalue weighted by Crippen LogP contribution is 2.27. The summed E-state index contributed by atoms with van der Waals surface area (Å²) in [6.45, 7) is 12.7. The Kier molecular flexibility index (Phi) is 6.03. The minimum Gasteiger partial charge on any atom is -0.394 e. The lowest BCUT2D eigenvalue weighted by Gasteiger charge is -2.37. The van der Waals surface area contributed by atoms with Gasteiger partial charge in [-0.3, -0.25) is 0 Å². The fraction of sp³-hybridized carbons (Fsp3) is 0.647. The van der Waals surface area contributed by atoms with Gasteiger partial charge in [-0.2, -0.15) is 0 Å². The molecule has 0 unspecified atom stereocenters. The Morgan fingerprint density at radius 1 is 1.30 bits per heavy atom. The molecule has 1 aromatic carbocycles. The summed E-state index contributed by atoms with van der Waals surface area (Å²) in [6.07, 6.45) is 0. The number of likely N-dealkylation sites (N-methyl/N-ethyl adjacent to an activating group) is 1. The SMILES string of the molecule is Cc1ccc(N(C)C(C)(C)CO)c(CNCC(C)C)c1. The minimum absolute atomic E-state index is 0.135. The first-order chi connectivity index (χ1) is 9.27. The molecule has 3 nitrogen and oxygen atoms in total. The van der Waals surface area contributed by atoms with Crippen LogP contribution in [0, 0.1) is 12.8 Å². The molecule has 2 N–H and O–H groups in total. The van der Waals surface area contributed by atoms with Gasteiger partial charge >= 0.3 is 0 Å². The van der Waals surface area contributed by atoms with Crippen molar-refractivity contribution in [2.45, 2.75) is 46.7 Å². The van der Waals surface area contributed by atoms with Gasteiger partial charge in [0.1, 0.15) is 0 Å². The maximum atomic E-state index is 9.56. The van der Waals surface area contributed by atoms with Crippen LogP contribution in [-0.2, 0) is 6.54 Å². The third-order valence-electron chi connectivity index (χ3n) is 3.76. The molecule has 0 amide bonds. The summed E-state index contributed by atoms with van der Waals surface area (Å²) in [5.74, 6) is 0.648. The fourth-order valence-corrected chi connectivity index (χ4v) is 2.11. The predicted octanol–water partition coefficient (Wildman–Crippen LogP) is 2.95. The summed E-state index contributed by atoms with van der Waals surface area (Å²) < 4.78 is 0. The molecule has 0 saturated carbocycles. The highest BCUT2D eigenvalue weighted by atomic mass is 16.3. The van der Waals surface area contributed by atoms with Crippen LogP contribution >= 0.6 is 0 Å². The van der Waals surface area contributed by atoms with Gasteiger partial charge in [0.2, 0.25) is 0 Å². The van der Waals surface area contributed by atoms with E-state index in [2.05, 4.69) is 63.0 Å². The van der Waals surface area contributed by atoms with Crippen molar-refractivity contribution in [3.8, 4) is 0 Å². The molecule has 0 atom stereocenters. The molecule has 1 rings (SSSR count). The van der Waals surface area contributed by atoms with Crippen molar-refractivity contribution < 1.29 is 5.11 Å². The molecule has 0 aromatic heterocycles. The number of aliphatic hydroxyl groups is 1. The van der Waals surface area contributed by atoms with E-state index in [1.807, 2.05) is 7.05 Å². The normalized spacial score (nSPS) is 12.0. The Morgan fingerprint density at radius 2 is 1.95 bits per heavy atom. The Balaban J connectivity index is 2.95. The third kappa shape index (κ3) is 4.50. The van der Waals surface area contributed by atoms with Gasteiger partial charge in [0.05, 0.1) is 12.1 Å². The van der Waals surface area contributed by atoms with Crippen molar-refractivity contribution in [3.63, 3.8) is 0 Å². The monoisotopic (exact) mass is 278 g/mol. The van der Waals surface area contributed by atoms with Crippen LogP contribution in [0.5, 0.6) is 0 Å². The van der Waals surface area contributed by atoms with Gasteiger partial charge in [-0.15, -0.1) is 0 Å². The van der Waals surface area contributed by atoms with E-state index in [-0.39, 0.29) is 12.1 Å². The number of hydrogen-bond donors (Lipinski definition) is 2. The van der Waals surface area contributed by atoms with Crippen LogP contribution < -0.4 is 10.2 Å². The standard InChI is InChI=1S/C17H30N2O/c1-13(2)10-18-11-15-9-14(3)7-8-16(15)19(6)17(4,5)12-20/h7-9,13,18,20H,10-12H2,1-6H3. The molecule has 0 bridgehead atoms. The van der Waals surface area contributed by atoms with E-state index in [0.717, 1.165) is 13.1 Å². The minimum atomic E-state index is -0.262. The lowest BCUT2D eigenvalue weighted by molar-refractivity contribution is 0.216. The maximum absolute atomic E-state index is 9.56. The molecular weight excluding hydrogens is 248 g/mol. The van der Waals surface area contributed by atoms with Gasteiger partial charge in [0.15, 0.2) is 0 Å². The zero-order valence-electron chi connectivity index (χ0n) is 13.8. The first-order valence-electron chi connectivity index (χ1n) is 7.43. The Hall–Kier alpha value is -1.06. The Bertz CT molecular complexity index is 427. The van der Waals surface area contributed by atoms with Gasteiger partial charge in [0, 0.05) is 19.3 Å². The highest BCUT2D eigenvalue weighted by Gasteiger charge is 2.24. The summed E-state index contributed by atoms with van der Waals surface area (Å²) >= 11 is 0. The number of benzene rings is 1. The topological polar surface area (TPSA) is 35.5 Å². The summed E-state index contributed by atoms with van der Waals surface area (Å²) in [5.41, 5.74) is 3.48. The number of anilines is 1. The summed E-state index contributed by atoms with van der Waals surface area (Å²) in [6, 6.07) is 6.51. The first-order valence-corrected chi connectivity index (χ1v) is 7.43. The van der Waals surface area contributed by atoms with Crippen molar-refractivity contribution in [2.75, 3.05) is 25.1 Å². The second-order valence-electron chi connectivity index (χ2n) is 6.69. The molecule has 0 fully saturated rings. The van der Waals surface area contributed by atoms with Crippen LogP contribution in [0.15, 0.2) is 18.2 Å². The number of aliphatic hydroxyl groups excluding tert-OH is 1. The molecule has 114 valence electrons. The van der Waals surface area contributed by atoms with Crippen molar-refractivity contribution in [3.05, 3.63) is 29.3 Å². The van der Waals surface area contributed by atoms with Crippen molar-refractivity contribution in [1.29, 1.82) is 0 Å². The van der Waals surface area contributed by atoms with E-state index in [1.54, 1.807) is 0 Å². The summed E-state index contributed by atoms with van der Waals surface area (Å²) in [4.78, 5) is 2.17. The van der Waals surface area contributed by atoms with Crippen LogP contribution in [0.4, 0.5) is 5.69 Å². The van der Waals surface area contributed by atoms with Gasteiger partial charge in [-0.05, 0) is 44.9 Å². The molecule has 1 aromatic rings. The van der Waals surface area contributed by atoms with Crippen LogP contribution in [-0.4, -0.2) is 30.8 Å². The molecule has 0 radical (unpaired) electrons. The van der Waals surface area contributed by atoms with Crippen LogP contribution in [0.1, 0.15) is 38.8 Å². The molecule has 3 heteroatoms. The number of rotatable bonds is 7. The number of aryl methyl sites for hydroxylation is 1. The molecule has 0 saturated heterocycles. The van der Waals surface area contributed by atoms with Crippen LogP contribution in [0.25, 0.3) is 0 Å². The number of nitrogens with zero attached hydrogens (tertiary/aromatic N) is 1. The Morgan fingerprint density at radius 3 is 2.50 bits per heavy atom. The van der Waals surface area contributed by atoms with Gasteiger partial charge in [0.25, 0.3) is 0 Å². The van der Waals surface area contributed by atoms with Crippen molar-refractivity contribution in [1.82, 2.24) is 5.32 Å². The van der Waals surface area contributed by atoms with E-state index < -0.39 is 0 Å². The highest BCUT2D eigenvalue weighted by molar-refractivity contribution is 5.56. The molecule has 0 spiro atoms.